The fourth-order valence-corrected chi connectivity index (χ4v) is 2.06. The molecule has 2 rings (SSSR count). The first-order valence-corrected chi connectivity index (χ1v) is 6.62. The van der Waals surface area contributed by atoms with Gasteiger partial charge in [0.15, 0.2) is 0 Å². The van der Waals surface area contributed by atoms with E-state index >= 15 is 0 Å². The van der Waals surface area contributed by atoms with Gasteiger partial charge >= 0.3 is 5.97 Å². The molecule has 0 aromatic rings. The van der Waals surface area contributed by atoms with E-state index in [2.05, 4.69) is 15.4 Å². The van der Waals surface area contributed by atoms with E-state index in [0.29, 0.717) is 6.54 Å². The Morgan fingerprint density at radius 2 is 2.38 bits per heavy atom. The zero-order valence-corrected chi connectivity index (χ0v) is 11.8. The van der Waals surface area contributed by atoms with Gasteiger partial charge in [-0.25, -0.2) is 9.80 Å². The van der Waals surface area contributed by atoms with Crippen molar-refractivity contribution in [2.45, 2.75) is 32.4 Å². The molecule has 0 radical (unpaired) electrons. The summed E-state index contributed by atoms with van der Waals surface area (Å²) in [5.74, 6) is -1.08. The Hall–Kier alpha value is -2.69. The zero-order chi connectivity index (χ0) is 15.4. The fraction of sp³-hybridized carbons (Fsp3) is 0.462. The van der Waals surface area contributed by atoms with Crippen LogP contribution in [0.4, 0.5) is 0 Å². The van der Waals surface area contributed by atoms with Crippen LogP contribution in [0.1, 0.15) is 20.3 Å². The molecule has 0 amide bonds. The molecule has 8 nitrogen and oxygen atoms in total. The lowest BCUT2D eigenvalue weighted by Crippen LogP contribution is -2.38. The summed E-state index contributed by atoms with van der Waals surface area (Å²) < 4.78 is 0. The molecule has 8 heteroatoms. The number of allylic oxidation sites excluding steroid dienone is 2. The average molecular weight is 288 g/mol. The van der Waals surface area contributed by atoms with E-state index in [-0.39, 0.29) is 24.2 Å². The van der Waals surface area contributed by atoms with Crippen LogP contribution < -0.4 is 0 Å². The number of hydrogen-bond acceptors (Lipinski definition) is 6. The van der Waals surface area contributed by atoms with Gasteiger partial charge in [0.05, 0.1) is 30.4 Å². The van der Waals surface area contributed by atoms with E-state index in [1.54, 1.807) is 24.2 Å². The van der Waals surface area contributed by atoms with Crippen molar-refractivity contribution in [2.24, 2.45) is 15.4 Å². The van der Waals surface area contributed by atoms with E-state index < -0.39 is 5.97 Å². The van der Waals surface area contributed by atoms with Crippen molar-refractivity contribution in [1.82, 2.24) is 10.0 Å². The molecule has 0 aromatic carbocycles. The van der Waals surface area contributed by atoms with Gasteiger partial charge in [0.1, 0.15) is 11.7 Å². The van der Waals surface area contributed by atoms with Crippen LogP contribution in [0.15, 0.2) is 39.0 Å². The fourth-order valence-electron chi connectivity index (χ4n) is 2.06. The van der Waals surface area contributed by atoms with Gasteiger partial charge in [0, 0.05) is 6.54 Å². The third-order valence-corrected chi connectivity index (χ3v) is 3.12. The highest BCUT2D eigenvalue weighted by Gasteiger charge is 2.35. The van der Waals surface area contributed by atoms with Gasteiger partial charge in [0.25, 0.3) is 0 Å². The lowest BCUT2D eigenvalue weighted by molar-refractivity contribution is -0.134. The van der Waals surface area contributed by atoms with Gasteiger partial charge in [0.2, 0.25) is 0 Å². The first-order valence-electron chi connectivity index (χ1n) is 6.62. The molecule has 21 heavy (non-hydrogen) atoms. The second-order valence-electron chi connectivity index (χ2n) is 4.63. The molecule has 2 unspecified atom stereocenters. The summed E-state index contributed by atoms with van der Waals surface area (Å²) in [6.45, 7) is 4.39. The van der Waals surface area contributed by atoms with Gasteiger partial charge in [-0.1, -0.05) is 5.22 Å². The number of carboxylic acids is 1. The van der Waals surface area contributed by atoms with Gasteiger partial charge in [-0.15, -0.1) is 0 Å². The van der Waals surface area contributed by atoms with E-state index in [9.17, 15) is 9.90 Å². The lowest BCUT2D eigenvalue weighted by atomic mass is 10.1. The van der Waals surface area contributed by atoms with Crippen LogP contribution in [0.25, 0.3) is 0 Å². The van der Waals surface area contributed by atoms with Crippen LogP contribution in [-0.4, -0.2) is 45.9 Å². The number of fused-ring (bicyclic) bond motifs is 1. The summed E-state index contributed by atoms with van der Waals surface area (Å²) in [5.41, 5.74) is 0.885. The van der Waals surface area contributed by atoms with Crippen molar-refractivity contribution in [2.75, 3.05) is 6.54 Å². The summed E-state index contributed by atoms with van der Waals surface area (Å²) in [4.78, 5) is 11.3. The number of rotatable bonds is 5. The van der Waals surface area contributed by atoms with E-state index in [4.69, 9.17) is 5.26 Å². The van der Waals surface area contributed by atoms with Gasteiger partial charge in [-0.3, -0.25) is 5.01 Å². The number of hydrazone groups is 1. The maximum atomic E-state index is 11.3. The standard InChI is InChI=1S/C13H16N6O2/c1-3-18-10-4-5-11(13(20)21)19(12(10)8-15-18)17-16-9(2)6-7-14/h4-5,8-9,12H,3,6H2,1-2H3,(H,20,21). The highest BCUT2D eigenvalue weighted by Crippen LogP contribution is 2.28. The predicted octanol–water partition coefficient (Wildman–Crippen LogP) is 1.51. The Bertz CT molecular complexity index is 586. The van der Waals surface area contributed by atoms with Crippen LogP contribution in [0.5, 0.6) is 0 Å². The number of hydrogen-bond donors (Lipinski definition) is 1. The Balaban J connectivity index is 2.27. The molecule has 0 fully saturated rings. The Labute approximate surface area is 122 Å². The van der Waals surface area contributed by atoms with Gasteiger partial charge in [-0.05, 0) is 26.0 Å². The van der Waals surface area contributed by atoms with Crippen LogP contribution in [0, 0.1) is 11.3 Å². The van der Waals surface area contributed by atoms with Gasteiger partial charge in [-0.2, -0.15) is 15.5 Å². The Kier molecular flexibility index (Phi) is 4.33. The quantitative estimate of drug-likeness (QED) is 0.772. The Morgan fingerprint density at radius 1 is 1.62 bits per heavy atom. The molecule has 110 valence electrons. The average Bonchev–Trinajstić information content (AvgIpc) is 2.87. The smallest absolute Gasteiger partial charge is 0.354 e. The molecule has 0 saturated heterocycles. The molecule has 0 aliphatic carbocycles. The number of nitrogens with zero attached hydrogens (tertiary/aromatic N) is 6. The number of carbonyl (C=O) groups is 1. The van der Waals surface area contributed by atoms with Crippen LogP contribution in [-0.2, 0) is 4.79 Å². The molecule has 2 heterocycles. The minimum atomic E-state index is -1.08. The predicted molar refractivity (Wildman–Crippen MR) is 74.8 cm³/mol. The minimum Gasteiger partial charge on any atom is -0.477 e. The van der Waals surface area contributed by atoms with Crippen molar-refractivity contribution in [3.05, 3.63) is 23.5 Å². The number of nitriles is 1. The van der Waals surface area contributed by atoms with Crippen molar-refractivity contribution in [3.8, 4) is 6.07 Å². The van der Waals surface area contributed by atoms with E-state index in [1.165, 1.54) is 11.1 Å². The molecule has 2 aliphatic heterocycles. The largest absolute Gasteiger partial charge is 0.477 e. The van der Waals surface area contributed by atoms with Crippen molar-refractivity contribution in [3.63, 3.8) is 0 Å². The summed E-state index contributed by atoms with van der Waals surface area (Å²) in [6.07, 6.45) is 5.08. The van der Waals surface area contributed by atoms with Crippen LogP contribution in [0.2, 0.25) is 0 Å². The molecule has 1 N–H and O–H groups in total. The topological polar surface area (TPSA) is 105 Å². The highest BCUT2D eigenvalue weighted by atomic mass is 16.4. The third-order valence-electron chi connectivity index (χ3n) is 3.12. The first-order chi connectivity index (χ1) is 10.1. The molecule has 0 saturated carbocycles. The highest BCUT2D eigenvalue weighted by molar-refractivity contribution is 5.88. The molecule has 2 aliphatic rings. The zero-order valence-electron chi connectivity index (χ0n) is 11.8. The second kappa shape index (κ2) is 6.17. The molecule has 0 spiro atoms. The number of aliphatic carboxylic acids is 1. The normalized spacial score (nSPS) is 21.9. The summed E-state index contributed by atoms with van der Waals surface area (Å²) >= 11 is 0. The Morgan fingerprint density at radius 3 is 3.00 bits per heavy atom. The summed E-state index contributed by atoms with van der Waals surface area (Å²) in [5, 5.41) is 33.2. The SMILES string of the molecule is CCN1N=CC2C1=CC=C(C(=O)O)N2N=NC(C)CC#N. The minimum absolute atomic E-state index is 0.0288. The van der Waals surface area contributed by atoms with Crippen molar-refractivity contribution in [1.29, 1.82) is 5.26 Å². The first kappa shape index (κ1) is 14.7. The molecular weight excluding hydrogens is 272 g/mol. The molecule has 0 aromatic heterocycles. The lowest BCUT2D eigenvalue weighted by Gasteiger charge is -2.29. The van der Waals surface area contributed by atoms with Crippen molar-refractivity contribution >= 4 is 12.2 Å². The van der Waals surface area contributed by atoms with E-state index in [1.807, 2.05) is 13.0 Å². The number of carboxylic acid groups (broad SMARTS) is 1. The molecule has 2 atom stereocenters. The third kappa shape index (κ3) is 2.91. The van der Waals surface area contributed by atoms with Crippen LogP contribution in [0.3, 0.4) is 0 Å². The van der Waals surface area contributed by atoms with E-state index in [0.717, 1.165) is 5.70 Å². The molecular formula is C13H16N6O2. The number of likely N-dealkylation sites (N-methyl/N-ethyl adjacent to an activating group) is 1. The maximum absolute atomic E-state index is 11.3. The summed E-state index contributed by atoms with van der Waals surface area (Å²) in [7, 11) is 0. The van der Waals surface area contributed by atoms with Gasteiger partial charge < -0.3 is 5.11 Å². The second-order valence-corrected chi connectivity index (χ2v) is 4.63. The summed E-state index contributed by atoms with van der Waals surface area (Å²) in [6, 6.07) is 1.34. The monoisotopic (exact) mass is 288 g/mol. The van der Waals surface area contributed by atoms with Crippen molar-refractivity contribution < 1.29 is 9.90 Å². The molecule has 0 bridgehead atoms. The maximum Gasteiger partial charge on any atom is 0.354 e. The van der Waals surface area contributed by atoms with Crippen LogP contribution >= 0.6 is 0 Å².